The first-order valence-electron chi connectivity index (χ1n) is 11.5. The third-order valence-electron chi connectivity index (χ3n) is 7.40. The van der Waals surface area contributed by atoms with Gasteiger partial charge in [0.1, 0.15) is 11.2 Å². The minimum atomic E-state index is -1.05. The summed E-state index contributed by atoms with van der Waals surface area (Å²) in [5.41, 5.74) is 2.12. The number of benzene rings is 3. The summed E-state index contributed by atoms with van der Waals surface area (Å²) >= 11 is 0. The van der Waals surface area contributed by atoms with Crippen LogP contribution in [-0.2, 0) is 30.3 Å². The molecule has 1 fully saturated rings. The van der Waals surface area contributed by atoms with Crippen LogP contribution >= 0.6 is 0 Å². The lowest BCUT2D eigenvalue weighted by atomic mass is 9.50. The molecule has 7 rings (SSSR count). The summed E-state index contributed by atoms with van der Waals surface area (Å²) in [5.74, 6) is -1.92. The van der Waals surface area contributed by atoms with Gasteiger partial charge < -0.3 is 9.47 Å². The topological polar surface area (TPSA) is 55.8 Å². The maximum Gasteiger partial charge on any atom is 0.241 e. The lowest BCUT2D eigenvalue weighted by molar-refractivity contribution is -0.174. The Kier molecular flexibility index (Phi) is 4.38. The Hall–Kier alpha value is -3.28. The molecule has 1 aliphatic heterocycles. The lowest BCUT2D eigenvalue weighted by Crippen LogP contribution is -2.63. The maximum absolute atomic E-state index is 14.2. The molecule has 4 aliphatic rings. The highest BCUT2D eigenvalue weighted by Gasteiger charge is 2.75. The summed E-state index contributed by atoms with van der Waals surface area (Å²) in [6, 6.07) is 25.1. The van der Waals surface area contributed by atoms with E-state index >= 15 is 0 Å². The first kappa shape index (κ1) is 20.3. The Bertz CT molecular complexity index is 1140. The van der Waals surface area contributed by atoms with Crippen molar-refractivity contribution in [1.29, 1.82) is 0 Å². The molecule has 33 heavy (non-hydrogen) atoms. The fourth-order valence-electron chi connectivity index (χ4n) is 6.49. The summed E-state index contributed by atoms with van der Waals surface area (Å²) in [4.78, 5) is 29.7. The summed E-state index contributed by atoms with van der Waals surface area (Å²) in [5, 5.41) is 0. The molecule has 3 aromatic rings. The first-order chi connectivity index (χ1) is 16.1. The molecule has 5 heteroatoms. The zero-order valence-corrected chi connectivity index (χ0v) is 18.7. The van der Waals surface area contributed by atoms with Crippen molar-refractivity contribution in [1.82, 2.24) is 0 Å². The molecular weight excluding hydrogens is 414 g/mol. The van der Waals surface area contributed by atoms with Gasteiger partial charge in [-0.25, -0.2) is 4.90 Å². The molecule has 3 aromatic carbocycles. The molecule has 0 aromatic heterocycles. The number of imide groups is 1. The number of anilines is 1. The van der Waals surface area contributed by atoms with Crippen LogP contribution in [0.1, 0.15) is 36.1 Å². The van der Waals surface area contributed by atoms with Crippen LogP contribution < -0.4 is 4.90 Å². The van der Waals surface area contributed by atoms with Crippen LogP contribution in [0.5, 0.6) is 0 Å². The average molecular weight is 440 g/mol. The molecule has 1 saturated heterocycles. The summed E-state index contributed by atoms with van der Waals surface area (Å²) in [6.07, 6.45) is 0. The Morgan fingerprint density at radius 3 is 1.36 bits per heavy atom. The summed E-state index contributed by atoms with van der Waals surface area (Å²) in [7, 11) is 0. The molecule has 0 radical (unpaired) electrons. The molecule has 0 saturated carbocycles. The van der Waals surface area contributed by atoms with Crippen molar-refractivity contribution < 1.29 is 19.1 Å². The molecular formula is C28H25NO4. The summed E-state index contributed by atoms with van der Waals surface area (Å²) < 4.78 is 13.2. The molecule has 0 N–H and O–H groups in total. The van der Waals surface area contributed by atoms with Crippen molar-refractivity contribution in [3.8, 4) is 0 Å². The SMILES string of the molecule is CCOC12c3ccccc3C(OCC)(c3ccccc31)[C@H]1C(=O)N(c3ccccc3)C(=O)[C@H]12. The second kappa shape index (κ2) is 7.11. The predicted molar refractivity (Wildman–Crippen MR) is 124 cm³/mol. The zero-order chi connectivity index (χ0) is 22.8. The monoisotopic (exact) mass is 439 g/mol. The normalized spacial score (nSPS) is 29.1. The van der Waals surface area contributed by atoms with Crippen LogP contribution in [0.2, 0.25) is 0 Å². The van der Waals surface area contributed by atoms with E-state index in [0.717, 1.165) is 22.3 Å². The molecule has 3 aliphatic carbocycles. The van der Waals surface area contributed by atoms with Crippen LogP contribution in [0, 0.1) is 11.8 Å². The number of ether oxygens (including phenoxy) is 2. The molecule has 5 nitrogen and oxygen atoms in total. The smallest absolute Gasteiger partial charge is 0.241 e. The van der Waals surface area contributed by atoms with Crippen molar-refractivity contribution >= 4 is 17.5 Å². The highest BCUT2D eigenvalue weighted by Crippen LogP contribution is 2.67. The highest BCUT2D eigenvalue weighted by molar-refractivity contribution is 6.23. The second-order valence-electron chi connectivity index (χ2n) is 8.73. The third kappa shape index (κ3) is 2.29. The minimum absolute atomic E-state index is 0.238. The van der Waals surface area contributed by atoms with E-state index in [9.17, 15) is 9.59 Å². The third-order valence-corrected chi connectivity index (χ3v) is 7.40. The Balaban J connectivity index is 1.72. The van der Waals surface area contributed by atoms with Crippen molar-refractivity contribution in [2.45, 2.75) is 25.0 Å². The van der Waals surface area contributed by atoms with Gasteiger partial charge in [0.05, 0.1) is 17.5 Å². The number of rotatable bonds is 5. The van der Waals surface area contributed by atoms with Crippen molar-refractivity contribution in [2.75, 3.05) is 18.1 Å². The number of carbonyl (C=O) groups is 2. The van der Waals surface area contributed by atoms with Crippen molar-refractivity contribution in [2.24, 2.45) is 11.8 Å². The standard InChI is InChI=1S/C28H25NO4/c1-3-32-27-19-14-8-10-16-21(19)28(33-4-2,22-17-11-9-15-20(22)27)24-23(27)25(30)29(26(24)31)18-12-6-5-7-13-18/h5-17,23-24H,3-4H2,1-2H3/t23-,24+,27?,28?. The van der Waals surface area contributed by atoms with Crippen LogP contribution in [0.15, 0.2) is 78.9 Å². The van der Waals surface area contributed by atoms with Crippen LogP contribution in [0.3, 0.4) is 0 Å². The highest BCUT2D eigenvalue weighted by atomic mass is 16.5. The molecule has 2 atom stereocenters. The predicted octanol–water partition coefficient (Wildman–Crippen LogP) is 4.38. The number of hydrogen-bond donors (Lipinski definition) is 0. The van der Waals surface area contributed by atoms with Crippen LogP contribution in [0.4, 0.5) is 5.69 Å². The van der Waals surface area contributed by atoms with E-state index in [1.54, 1.807) is 12.1 Å². The van der Waals surface area contributed by atoms with Gasteiger partial charge in [0.25, 0.3) is 0 Å². The second-order valence-corrected chi connectivity index (χ2v) is 8.73. The zero-order valence-electron chi connectivity index (χ0n) is 18.7. The van der Waals surface area contributed by atoms with Crippen molar-refractivity contribution in [3.05, 3.63) is 101 Å². The van der Waals surface area contributed by atoms with Crippen molar-refractivity contribution in [3.63, 3.8) is 0 Å². The lowest BCUT2D eigenvalue weighted by Gasteiger charge is -2.58. The molecule has 166 valence electrons. The van der Waals surface area contributed by atoms with E-state index in [2.05, 4.69) is 0 Å². The number of hydrogen-bond acceptors (Lipinski definition) is 4. The Morgan fingerprint density at radius 1 is 0.636 bits per heavy atom. The largest absolute Gasteiger partial charge is 0.365 e. The van der Waals surface area contributed by atoms with E-state index < -0.39 is 23.0 Å². The summed E-state index contributed by atoms with van der Waals surface area (Å²) in [6.45, 7) is 4.68. The van der Waals surface area contributed by atoms with Gasteiger partial charge in [-0.3, -0.25) is 9.59 Å². The average Bonchev–Trinajstić information content (AvgIpc) is 3.13. The fourth-order valence-corrected chi connectivity index (χ4v) is 6.49. The fraction of sp³-hybridized carbons (Fsp3) is 0.286. The molecule has 0 spiro atoms. The van der Waals surface area contributed by atoms with Gasteiger partial charge in [-0.05, 0) is 48.2 Å². The quantitative estimate of drug-likeness (QED) is 0.554. The molecule has 2 amide bonds. The van der Waals surface area contributed by atoms with Gasteiger partial charge in [-0.1, -0.05) is 66.7 Å². The van der Waals surface area contributed by atoms with Crippen LogP contribution in [-0.4, -0.2) is 25.0 Å². The van der Waals surface area contributed by atoms with Gasteiger partial charge >= 0.3 is 0 Å². The van der Waals surface area contributed by atoms with Gasteiger partial charge in [0, 0.05) is 13.2 Å². The number of para-hydroxylation sites is 1. The van der Waals surface area contributed by atoms with E-state index in [1.807, 2.05) is 80.6 Å². The number of carbonyl (C=O) groups excluding carboxylic acids is 2. The van der Waals surface area contributed by atoms with Crippen LogP contribution in [0.25, 0.3) is 0 Å². The van der Waals surface area contributed by atoms with Gasteiger partial charge in [-0.2, -0.15) is 0 Å². The molecule has 1 heterocycles. The first-order valence-corrected chi connectivity index (χ1v) is 11.5. The van der Waals surface area contributed by atoms with E-state index in [1.165, 1.54) is 4.90 Å². The van der Waals surface area contributed by atoms with Gasteiger partial charge in [0.15, 0.2) is 0 Å². The molecule has 2 bridgehead atoms. The number of amides is 2. The Labute approximate surface area is 192 Å². The van der Waals surface area contributed by atoms with Gasteiger partial charge in [-0.15, -0.1) is 0 Å². The number of nitrogens with zero attached hydrogens (tertiary/aromatic N) is 1. The maximum atomic E-state index is 14.2. The Morgan fingerprint density at radius 2 is 1.00 bits per heavy atom. The van der Waals surface area contributed by atoms with E-state index in [-0.39, 0.29) is 11.8 Å². The van der Waals surface area contributed by atoms with Gasteiger partial charge in [0.2, 0.25) is 11.8 Å². The van der Waals surface area contributed by atoms with E-state index in [4.69, 9.17) is 9.47 Å². The van der Waals surface area contributed by atoms with E-state index in [0.29, 0.717) is 18.9 Å². The minimum Gasteiger partial charge on any atom is -0.365 e. The molecule has 0 unspecified atom stereocenters.